The third-order valence-corrected chi connectivity index (χ3v) is 2.81. The molecule has 1 unspecified atom stereocenters. The lowest BCUT2D eigenvalue weighted by atomic mass is 10.1. The molecule has 1 amide bonds. The van der Waals surface area contributed by atoms with Gasteiger partial charge in [0.2, 0.25) is 5.91 Å². The van der Waals surface area contributed by atoms with Crippen LogP contribution in [0.3, 0.4) is 0 Å². The first-order chi connectivity index (χ1) is 8.54. The van der Waals surface area contributed by atoms with Gasteiger partial charge in [-0.05, 0) is 12.8 Å². The molecule has 0 spiro atoms. The number of carbonyl (C=O) groups is 1. The van der Waals surface area contributed by atoms with Crippen LogP contribution in [0.4, 0.5) is 0 Å². The fourth-order valence-electron chi connectivity index (χ4n) is 1.97. The van der Waals surface area contributed by atoms with Crippen molar-refractivity contribution in [3.8, 4) is 0 Å². The number of hydrogen-bond acceptors (Lipinski definition) is 3. The van der Waals surface area contributed by atoms with E-state index in [1.54, 1.807) is 6.20 Å². The zero-order chi connectivity index (χ0) is 13.5. The molecule has 0 aliphatic heterocycles. The maximum absolute atomic E-state index is 11.3. The summed E-state index contributed by atoms with van der Waals surface area (Å²) in [6.45, 7) is 6.92. The van der Waals surface area contributed by atoms with Gasteiger partial charge < -0.3 is 15.6 Å². The summed E-state index contributed by atoms with van der Waals surface area (Å²) >= 11 is 0. The number of nitrogens with one attached hydrogen (secondary N) is 1. The van der Waals surface area contributed by atoms with Gasteiger partial charge in [-0.2, -0.15) is 0 Å². The van der Waals surface area contributed by atoms with Gasteiger partial charge in [-0.3, -0.25) is 4.79 Å². The van der Waals surface area contributed by atoms with E-state index < -0.39 is 0 Å². The van der Waals surface area contributed by atoms with E-state index in [4.69, 9.17) is 5.73 Å². The molecule has 0 aromatic carbocycles. The molecule has 1 aromatic rings. The first-order valence-corrected chi connectivity index (χ1v) is 6.60. The van der Waals surface area contributed by atoms with Gasteiger partial charge in [-0.15, -0.1) is 0 Å². The second-order valence-electron chi connectivity index (χ2n) is 4.85. The summed E-state index contributed by atoms with van der Waals surface area (Å²) < 4.78 is 2.10. The fourth-order valence-corrected chi connectivity index (χ4v) is 1.97. The van der Waals surface area contributed by atoms with Gasteiger partial charge in [0, 0.05) is 31.4 Å². The molecular weight excluding hydrogens is 228 g/mol. The summed E-state index contributed by atoms with van der Waals surface area (Å²) in [4.78, 5) is 15.7. The summed E-state index contributed by atoms with van der Waals surface area (Å²) in [5.74, 6) is 0.783. The number of hydrogen-bond donors (Lipinski definition) is 2. The molecule has 18 heavy (non-hydrogen) atoms. The smallest absolute Gasteiger partial charge is 0.234 e. The van der Waals surface area contributed by atoms with Gasteiger partial charge in [-0.1, -0.05) is 20.8 Å². The van der Waals surface area contributed by atoms with Crippen LogP contribution in [0.1, 0.15) is 39.4 Å². The van der Waals surface area contributed by atoms with Crippen LogP contribution in [0, 0.1) is 0 Å². The van der Waals surface area contributed by atoms with Crippen molar-refractivity contribution in [2.75, 3.05) is 0 Å². The van der Waals surface area contributed by atoms with E-state index in [-0.39, 0.29) is 18.0 Å². The molecular formula is C13H24N4O. The summed E-state index contributed by atoms with van der Waals surface area (Å²) in [5.41, 5.74) is 5.39. The van der Waals surface area contributed by atoms with Gasteiger partial charge in [0.1, 0.15) is 5.82 Å². The highest BCUT2D eigenvalue weighted by molar-refractivity contribution is 5.79. The van der Waals surface area contributed by atoms with E-state index in [0.717, 1.165) is 25.2 Å². The predicted octanol–water partition coefficient (Wildman–Crippen LogP) is 1.08. The highest BCUT2D eigenvalue weighted by atomic mass is 16.1. The lowest BCUT2D eigenvalue weighted by Gasteiger charge is -2.18. The molecule has 1 heterocycles. The van der Waals surface area contributed by atoms with Crippen molar-refractivity contribution >= 4 is 5.91 Å². The minimum Gasteiger partial charge on any atom is -0.368 e. The molecule has 0 aliphatic carbocycles. The first kappa shape index (κ1) is 14.7. The molecule has 0 fully saturated rings. The van der Waals surface area contributed by atoms with Crippen LogP contribution in [0.5, 0.6) is 0 Å². The summed E-state index contributed by atoms with van der Waals surface area (Å²) in [5, 5.41) is 3.18. The molecule has 0 saturated carbocycles. The van der Waals surface area contributed by atoms with Crippen molar-refractivity contribution in [2.45, 2.75) is 58.7 Å². The predicted molar refractivity (Wildman–Crippen MR) is 72.1 cm³/mol. The molecule has 0 saturated heterocycles. The Balaban J connectivity index is 2.55. The standard InChI is InChI=1S/C13H24N4O/c1-4-5-12-15-7-9-17(12)8-6-11(13(14)18)16-10(2)3/h7,9-11,16H,4-6,8H2,1-3H3,(H2,14,18). The molecule has 3 N–H and O–H groups in total. The van der Waals surface area contributed by atoms with Crippen molar-refractivity contribution in [3.63, 3.8) is 0 Å². The van der Waals surface area contributed by atoms with E-state index in [1.165, 1.54) is 0 Å². The molecule has 1 atom stereocenters. The number of carbonyl (C=O) groups excluding carboxylic acids is 1. The highest BCUT2D eigenvalue weighted by Gasteiger charge is 2.16. The minimum atomic E-state index is -0.291. The van der Waals surface area contributed by atoms with Crippen LogP contribution < -0.4 is 11.1 Å². The number of aryl methyl sites for hydroxylation is 2. The second kappa shape index (κ2) is 7.16. The Labute approximate surface area is 109 Å². The first-order valence-electron chi connectivity index (χ1n) is 6.60. The van der Waals surface area contributed by atoms with E-state index in [9.17, 15) is 4.79 Å². The average molecular weight is 252 g/mol. The van der Waals surface area contributed by atoms with E-state index in [2.05, 4.69) is 21.8 Å². The highest BCUT2D eigenvalue weighted by Crippen LogP contribution is 2.05. The van der Waals surface area contributed by atoms with E-state index >= 15 is 0 Å². The van der Waals surface area contributed by atoms with Crippen molar-refractivity contribution < 1.29 is 4.79 Å². The van der Waals surface area contributed by atoms with Gasteiger partial charge >= 0.3 is 0 Å². The Bertz CT molecular complexity index is 373. The Morgan fingerprint density at radius 3 is 2.83 bits per heavy atom. The summed E-state index contributed by atoms with van der Waals surface area (Å²) in [7, 11) is 0. The molecule has 1 aromatic heterocycles. The molecule has 5 heteroatoms. The number of nitrogens with zero attached hydrogens (tertiary/aromatic N) is 2. The van der Waals surface area contributed by atoms with Crippen molar-refractivity contribution in [2.24, 2.45) is 5.73 Å². The molecule has 0 radical (unpaired) electrons. The monoisotopic (exact) mass is 252 g/mol. The van der Waals surface area contributed by atoms with Crippen molar-refractivity contribution in [1.29, 1.82) is 0 Å². The third-order valence-electron chi connectivity index (χ3n) is 2.81. The minimum absolute atomic E-state index is 0.250. The molecule has 0 aliphatic rings. The van der Waals surface area contributed by atoms with Crippen LogP contribution in [-0.4, -0.2) is 27.5 Å². The topological polar surface area (TPSA) is 72.9 Å². The zero-order valence-electron chi connectivity index (χ0n) is 11.5. The zero-order valence-corrected chi connectivity index (χ0v) is 11.5. The normalized spacial score (nSPS) is 12.9. The summed E-state index contributed by atoms with van der Waals surface area (Å²) in [6, 6.07) is -0.0257. The maximum atomic E-state index is 11.3. The van der Waals surface area contributed by atoms with Crippen LogP contribution in [0.2, 0.25) is 0 Å². The molecule has 5 nitrogen and oxygen atoms in total. The van der Waals surface area contributed by atoms with E-state index in [0.29, 0.717) is 6.42 Å². The van der Waals surface area contributed by atoms with Gasteiger partial charge in [0.05, 0.1) is 6.04 Å². The molecule has 0 bridgehead atoms. The summed E-state index contributed by atoms with van der Waals surface area (Å²) in [6.07, 6.45) is 6.49. The largest absolute Gasteiger partial charge is 0.368 e. The lowest BCUT2D eigenvalue weighted by molar-refractivity contribution is -0.120. The van der Waals surface area contributed by atoms with Crippen LogP contribution in [0.25, 0.3) is 0 Å². The van der Waals surface area contributed by atoms with Crippen LogP contribution >= 0.6 is 0 Å². The van der Waals surface area contributed by atoms with Crippen molar-refractivity contribution in [3.05, 3.63) is 18.2 Å². The van der Waals surface area contributed by atoms with Gasteiger partial charge in [0.25, 0.3) is 0 Å². The quantitative estimate of drug-likeness (QED) is 0.727. The Morgan fingerprint density at radius 2 is 2.28 bits per heavy atom. The van der Waals surface area contributed by atoms with Gasteiger partial charge in [0.15, 0.2) is 0 Å². The lowest BCUT2D eigenvalue weighted by Crippen LogP contribution is -2.45. The van der Waals surface area contributed by atoms with Crippen LogP contribution in [-0.2, 0) is 17.8 Å². The Kier molecular flexibility index (Phi) is 5.85. The molecule has 1 rings (SSSR count). The third kappa shape index (κ3) is 4.49. The Hall–Kier alpha value is -1.36. The van der Waals surface area contributed by atoms with Crippen LogP contribution in [0.15, 0.2) is 12.4 Å². The van der Waals surface area contributed by atoms with Gasteiger partial charge in [-0.25, -0.2) is 4.98 Å². The fraction of sp³-hybridized carbons (Fsp3) is 0.692. The maximum Gasteiger partial charge on any atom is 0.234 e. The van der Waals surface area contributed by atoms with Crippen molar-refractivity contribution in [1.82, 2.24) is 14.9 Å². The Morgan fingerprint density at radius 1 is 1.56 bits per heavy atom. The number of amides is 1. The number of imidazole rings is 1. The number of nitrogens with two attached hydrogens (primary N) is 1. The van der Waals surface area contributed by atoms with E-state index in [1.807, 2.05) is 20.0 Å². The number of primary amides is 1. The number of rotatable bonds is 8. The number of aromatic nitrogens is 2. The second-order valence-corrected chi connectivity index (χ2v) is 4.85. The molecule has 102 valence electrons. The average Bonchev–Trinajstić information content (AvgIpc) is 2.71. The SMILES string of the molecule is CCCc1nccn1CCC(NC(C)C)C(N)=O.